The molecule has 0 saturated carbocycles. The van der Waals surface area contributed by atoms with Gasteiger partial charge in [0.2, 0.25) is 5.89 Å². The van der Waals surface area contributed by atoms with E-state index in [4.69, 9.17) is 9.26 Å². The number of ether oxygens (including phenoxy) is 1. The molecule has 0 aliphatic carbocycles. The van der Waals surface area contributed by atoms with E-state index in [1.807, 2.05) is 0 Å². The summed E-state index contributed by atoms with van der Waals surface area (Å²) in [4.78, 5) is 4.58. The van der Waals surface area contributed by atoms with Gasteiger partial charge in [-0.3, -0.25) is 0 Å². The van der Waals surface area contributed by atoms with Crippen LogP contribution in [0, 0.1) is 0 Å². The van der Waals surface area contributed by atoms with Crippen LogP contribution in [0.15, 0.2) is 4.52 Å². The summed E-state index contributed by atoms with van der Waals surface area (Å²) in [5, 5.41) is 7.63. The predicted molar refractivity (Wildman–Crippen MR) is 66.2 cm³/mol. The minimum Gasteiger partial charge on any atom is -0.378 e. The van der Waals surface area contributed by atoms with E-state index >= 15 is 0 Å². The van der Waals surface area contributed by atoms with Gasteiger partial charge in [-0.2, -0.15) is 4.98 Å². The van der Waals surface area contributed by atoms with Crippen LogP contribution in [0.3, 0.4) is 0 Å². The van der Waals surface area contributed by atoms with Gasteiger partial charge in [-0.05, 0) is 38.6 Å². The zero-order valence-electron chi connectivity index (χ0n) is 10.9. The highest BCUT2D eigenvalue weighted by Gasteiger charge is 2.39. The average Bonchev–Trinajstić information content (AvgIpc) is 3.10. The molecule has 5 nitrogen and oxygen atoms in total. The standard InChI is InChI=1S/C13H21N3O2/c1-2-13(6-4-7-14-13)12-15-11(16-18-12)9-10-5-3-8-17-10/h10,14H,2-9H2,1H3. The van der Waals surface area contributed by atoms with Gasteiger partial charge in [0.1, 0.15) is 0 Å². The highest BCUT2D eigenvalue weighted by molar-refractivity contribution is 5.06. The van der Waals surface area contributed by atoms with E-state index in [1.54, 1.807) is 0 Å². The monoisotopic (exact) mass is 251 g/mol. The van der Waals surface area contributed by atoms with E-state index < -0.39 is 0 Å². The lowest BCUT2D eigenvalue weighted by Gasteiger charge is -2.22. The third kappa shape index (κ3) is 2.17. The van der Waals surface area contributed by atoms with Crippen molar-refractivity contribution in [2.45, 2.75) is 57.1 Å². The summed E-state index contributed by atoms with van der Waals surface area (Å²) in [7, 11) is 0. The summed E-state index contributed by atoms with van der Waals surface area (Å²) in [6, 6.07) is 0. The molecule has 0 bridgehead atoms. The maximum Gasteiger partial charge on any atom is 0.246 e. The Hall–Kier alpha value is -0.940. The number of hydrogen-bond acceptors (Lipinski definition) is 5. The first-order valence-corrected chi connectivity index (χ1v) is 7.02. The topological polar surface area (TPSA) is 60.2 Å². The molecule has 3 heterocycles. The molecule has 0 radical (unpaired) electrons. The molecule has 0 amide bonds. The second-order valence-corrected chi connectivity index (χ2v) is 5.32. The smallest absolute Gasteiger partial charge is 0.246 e. The summed E-state index contributed by atoms with van der Waals surface area (Å²) in [6.45, 7) is 4.08. The molecule has 2 saturated heterocycles. The second-order valence-electron chi connectivity index (χ2n) is 5.32. The van der Waals surface area contributed by atoms with E-state index in [0.29, 0.717) is 0 Å². The van der Waals surface area contributed by atoms with Crippen molar-refractivity contribution in [3.8, 4) is 0 Å². The highest BCUT2D eigenvalue weighted by atomic mass is 16.5. The van der Waals surface area contributed by atoms with Crippen LogP contribution in [0.25, 0.3) is 0 Å². The summed E-state index contributed by atoms with van der Waals surface area (Å²) >= 11 is 0. The minimum atomic E-state index is -0.0816. The Balaban J connectivity index is 1.71. The molecule has 18 heavy (non-hydrogen) atoms. The van der Waals surface area contributed by atoms with Gasteiger partial charge < -0.3 is 14.6 Å². The zero-order valence-corrected chi connectivity index (χ0v) is 10.9. The summed E-state index contributed by atoms with van der Waals surface area (Å²) in [6.07, 6.45) is 6.58. The molecule has 0 aromatic carbocycles. The number of aromatic nitrogens is 2. The number of hydrogen-bond donors (Lipinski definition) is 1. The third-order valence-electron chi connectivity index (χ3n) is 4.16. The maximum absolute atomic E-state index is 5.61. The number of nitrogens with one attached hydrogen (secondary N) is 1. The van der Waals surface area contributed by atoms with Crippen LogP contribution in [0.5, 0.6) is 0 Å². The minimum absolute atomic E-state index is 0.0816. The molecule has 2 unspecified atom stereocenters. The highest BCUT2D eigenvalue weighted by Crippen LogP contribution is 2.33. The van der Waals surface area contributed by atoms with Crippen LogP contribution in [-0.4, -0.2) is 29.4 Å². The Kier molecular flexibility index (Phi) is 3.35. The van der Waals surface area contributed by atoms with Crippen molar-refractivity contribution in [3.63, 3.8) is 0 Å². The molecule has 1 aromatic rings. The van der Waals surface area contributed by atoms with E-state index in [2.05, 4.69) is 22.4 Å². The van der Waals surface area contributed by atoms with E-state index in [-0.39, 0.29) is 11.6 Å². The first-order chi connectivity index (χ1) is 8.82. The second kappa shape index (κ2) is 4.97. The lowest BCUT2D eigenvalue weighted by atomic mass is 9.94. The van der Waals surface area contributed by atoms with Crippen LogP contribution in [0.1, 0.15) is 50.7 Å². The van der Waals surface area contributed by atoms with Gasteiger partial charge >= 0.3 is 0 Å². The Morgan fingerprint density at radius 3 is 3.06 bits per heavy atom. The average molecular weight is 251 g/mol. The molecule has 1 N–H and O–H groups in total. The Labute approximate surface area is 107 Å². The van der Waals surface area contributed by atoms with Crippen molar-refractivity contribution in [2.75, 3.05) is 13.2 Å². The van der Waals surface area contributed by atoms with E-state index in [9.17, 15) is 0 Å². The molecule has 5 heteroatoms. The van der Waals surface area contributed by atoms with Gasteiger partial charge in [-0.15, -0.1) is 0 Å². The van der Waals surface area contributed by atoms with Gasteiger partial charge in [0.15, 0.2) is 5.82 Å². The van der Waals surface area contributed by atoms with E-state index in [1.165, 1.54) is 6.42 Å². The van der Waals surface area contributed by atoms with Crippen LogP contribution in [-0.2, 0) is 16.7 Å². The summed E-state index contributed by atoms with van der Waals surface area (Å²) < 4.78 is 11.1. The zero-order chi connectivity index (χ0) is 12.4. The van der Waals surface area contributed by atoms with Crippen molar-refractivity contribution in [3.05, 3.63) is 11.7 Å². The predicted octanol–water partition coefficient (Wildman–Crippen LogP) is 1.78. The van der Waals surface area contributed by atoms with Crippen molar-refractivity contribution >= 4 is 0 Å². The lowest BCUT2D eigenvalue weighted by Crippen LogP contribution is -2.36. The van der Waals surface area contributed by atoms with Crippen LogP contribution >= 0.6 is 0 Å². The molecular weight excluding hydrogens is 230 g/mol. The molecule has 100 valence electrons. The fourth-order valence-corrected chi connectivity index (χ4v) is 2.98. The quantitative estimate of drug-likeness (QED) is 0.884. The van der Waals surface area contributed by atoms with Gasteiger partial charge in [-0.25, -0.2) is 0 Å². The Bertz CT molecular complexity index is 393. The fraction of sp³-hybridized carbons (Fsp3) is 0.846. The first-order valence-electron chi connectivity index (χ1n) is 7.02. The van der Waals surface area contributed by atoms with E-state index in [0.717, 1.165) is 57.0 Å². The first kappa shape index (κ1) is 12.1. The van der Waals surface area contributed by atoms with Gasteiger partial charge in [0.25, 0.3) is 0 Å². The SMILES string of the molecule is CCC1(c2nc(CC3CCCO3)no2)CCCN1. The molecule has 0 spiro atoms. The molecule has 3 rings (SSSR count). The molecule has 2 aliphatic rings. The van der Waals surface area contributed by atoms with Crippen LogP contribution in [0.4, 0.5) is 0 Å². The molecule has 2 aliphatic heterocycles. The van der Waals surface area contributed by atoms with Crippen molar-refractivity contribution in [1.29, 1.82) is 0 Å². The maximum atomic E-state index is 5.61. The Morgan fingerprint density at radius 1 is 1.44 bits per heavy atom. The number of nitrogens with zero attached hydrogens (tertiary/aromatic N) is 2. The molecule has 2 atom stereocenters. The van der Waals surface area contributed by atoms with Gasteiger partial charge in [0.05, 0.1) is 11.6 Å². The van der Waals surface area contributed by atoms with Crippen LogP contribution in [0.2, 0.25) is 0 Å². The van der Waals surface area contributed by atoms with Crippen LogP contribution < -0.4 is 5.32 Å². The van der Waals surface area contributed by atoms with Gasteiger partial charge in [0, 0.05) is 13.0 Å². The summed E-state index contributed by atoms with van der Waals surface area (Å²) in [5.41, 5.74) is -0.0816. The normalized spacial score (nSPS) is 32.2. The van der Waals surface area contributed by atoms with Gasteiger partial charge in [-0.1, -0.05) is 12.1 Å². The summed E-state index contributed by atoms with van der Waals surface area (Å²) in [5.74, 6) is 1.55. The third-order valence-corrected chi connectivity index (χ3v) is 4.16. The largest absolute Gasteiger partial charge is 0.378 e. The molecule has 2 fully saturated rings. The lowest BCUT2D eigenvalue weighted by molar-refractivity contribution is 0.109. The van der Waals surface area contributed by atoms with Crippen molar-refractivity contribution < 1.29 is 9.26 Å². The molecular formula is C13H21N3O2. The van der Waals surface area contributed by atoms with Crippen molar-refractivity contribution in [1.82, 2.24) is 15.5 Å². The Morgan fingerprint density at radius 2 is 2.39 bits per heavy atom. The fourth-order valence-electron chi connectivity index (χ4n) is 2.98. The van der Waals surface area contributed by atoms with Crippen molar-refractivity contribution in [2.24, 2.45) is 0 Å². The number of rotatable bonds is 4. The molecule has 1 aromatic heterocycles.